The zero-order valence-electron chi connectivity index (χ0n) is 19.0. The Balaban J connectivity index is 1.79. The first-order valence-corrected chi connectivity index (χ1v) is 12.0. The van der Waals surface area contributed by atoms with Crippen molar-refractivity contribution in [2.24, 2.45) is 0 Å². The number of benzene rings is 3. The summed E-state index contributed by atoms with van der Waals surface area (Å²) in [4.78, 5) is 63.9. The van der Waals surface area contributed by atoms with Crippen LogP contribution in [-0.4, -0.2) is 52.1 Å². The largest absolute Gasteiger partial charge is 0.497 e. The summed E-state index contributed by atoms with van der Waals surface area (Å²) in [7, 11) is 1.44. The van der Waals surface area contributed by atoms with Crippen LogP contribution in [0.3, 0.4) is 0 Å². The van der Waals surface area contributed by atoms with Gasteiger partial charge in [-0.05, 0) is 36.4 Å². The molecule has 0 aromatic heterocycles. The summed E-state index contributed by atoms with van der Waals surface area (Å²) in [6, 6.07) is 10.3. The summed E-state index contributed by atoms with van der Waals surface area (Å²) in [6.07, 6.45) is 0. The summed E-state index contributed by atoms with van der Waals surface area (Å²) in [6.45, 7) is -0.773. The molecule has 4 rings (SSSR count). The Bertz CT molecular complexity index is 1480. The van der Waals surface area contributed by atoms with E-state index in [1.165, 1.54) is 31.4 Å². The smallest absolute Gasteiger partial charge is 0.282 e. The Morgan fingerprint density at radius 3 is 1.76 bits per heavy atom. The van der Waals surface area contributed by atoms with Gasteiger partial charge in [-0.25, -0.2) is 5.01 Å². The predicted octanol–water partition coefficient (Wildman–Crippen LogP) is 5.75. The first-order chi connectivity index (χ1) is 18.0. The molecule has 1 aliphatic heterocycles. The maximum absolute atomic E-state index is 13.5. The molecule has 1 aliphatic rings. The number of hydrogen-bond donors (Lipinski definition) is 0. The molecule has 194 valence electrons. The Kier molecular flexibility index (Phi) is 7.61. The average molecular weight is 597 g/mol. The molecule has 0 radical (unpaired) electrons. The molecular formula is C24H13Cl4N3O7. The lowest BCUT2D eigenvalue weighted by Crippen LogP contribution is -2.51. The lowest BCUT2D eigenvalue weighted by molar-refractivity contribution is -0.384. The Labute approximate surface area is 234 Å². The fraction of sp³-hybridized carbons (Fsp3) is 0.0833. The first-order valence-electron chi connectivity index (χ1n) is 10.5. The number of ketones is 1. The molecule has 0 aliphatic carbocycles. The highest BCUT2D eigenvalue weighted by atomic mass is 35.5. The first kappa shape index (κ1) is 27.3. The van der Waals surface area contributed by atoms with Gasteiger partial charge in [-0.1, -0.05) is 46.4 Å². The number of carbonyl (C=O) groups excluding carboxylic acids is 4. The lowest BCUT2D eigenvalue weighted by Gasteiger charge is -2.29. The van der Waals surface area contributed by atoms with Crippen molar-refractivity contribution in [3.8, 4) is 5.75 Å². The number of nitro benzene ring substituents is 1. The molecule has 0 saturated carbocycles. The van der Waals surface area contributed by atoms with Crippen molar-refractivity contribution in [2.45, 2.75) is 0 Å². The van der Waals surface area contributed by atoms with Crippen molar-refractivity contribution in [3.63, 3.8) is 0 Å². The molecule has 3 amide bonds. The van der Waals surface area contributed by atoms with Crippen molar-refractivity contribution in [2.75, 3.05) is 13.7 Å². The normalized spacial score (nSPS) is 12.4. The second kappa shape index (κ2) is 10.6. The van der Waals surface area contributed by atoms with Gasteiger partial charge < -0.3 is 4.74 Å². The number of Topliss-reactive ketones (excluding diaryl/α,β-unsaturated/α-hetero) is 1. The Morgan fingerprint density at radius 1 is 0.842 bits per heavy atom. The minimum absolute atomic E-state index is 0.145. The van der Waals surface area contributed by atoms with Gasteiger partial charge in [-0.3, -0.25) is 29.3 Å². The molecule has 0 spiro atoms. The molecule has 14 heteroatoms. The third-order valence-corrected chi connectivity index (χ3v) is 7.39. The van der Waals surface area contributed by atoms with Crippen molar-refractivity contribution in [1.82, 2.24) is 10.0 Å². The minimum Gasteiger partial charge on any atom is -0.497 e. The van der Waals surface area contributed by atoms with Gasteiger partial charge in [0.05, 0.1) is 43.3 Å². The fourth-order valence-corrected chi connectivity index (χ4v) is 4.68. The second-order valence-electron chi connectivity index (χ2n) is 7.75. The number of fused-ring (bicyclic) bond motifs is 1. The number of amides is 3. The predicted molar refractivity (Wildman–Crippen MR) is 138 cm³/mol. The molecule has 38 heavy (non-hydrogen) atoms. The zero-order valence-corrected chi connectivity index (χ0v) is 22.1. The molecular weight excluding hydrogens is 584 g/mol. The molecule has 3 aromatic carbocycles. The molecule has 0 N–H and O–H groups in total. The van der Waals surface area contributed by atoms with Crippen LogP contribution in [0.4, 0.5) is 5.69 Å². The average Bonchev–Trinajstić information content (AvgIpc) is 3.18. The summed E-state index contributed by atoms with van der Waals surface area (Å²) in [5.74, 6) is -3.31. The lowest BCUT2D eigenvalue weighted by atomic mass is 10.1. The van der Waals surface area contributed by atoms with E-state index in [4.69, 9.17) is 51.1 Å². The Morgan fingerprint density at radius 2 is 1.32 bits per heavy atom. The third-order valence-electron chi connectivity index (χ3n) is 5.59. The number of nitrogens with zero attached hydrogens (tertiary/aromatic N) is 3. The number of imide groups is 1. The number of rotatable bonds is 7. The van der Waals surface area contributed by atoms with Crippen LogP contribution in [0.1, 0.15) is 41.4 Å². The van der Waals surface area contributed by atoms with E-state index >= 15 is 0 Å². The van der Waals surface area contributed by atoms with E-state index in [-0.39, 0.29) is 36.9 Å². The zero-order chi connectivity index (χ0) is 27.9. The van der Waals surface area contributed by atoms with E-state index in [0.717, 1.165) is 24.3 Å². The standard InChI is InChI=1S/C24H13Cl4N3O7/c1-38-14-8-4-11(5-9-14)15(32)10-29(22(33)12-2-6-13(7-3-12)31(36)37)30-23(34)16-17(24(30)35)19(26)21(28)20(27)18(16)25/h2-9H,10H2,1H3. The summed E-state index contributed by atoms with van der Waals surface area (Å²) in [5, 5.41) is 10.8. The fourth-order valence-electron chi connectivity index (χ4n) is 3.67. The number of hydrogen-bond acceptors (Lipinski definition) is 7. The third kappa shape index (κ3) is 4.67. The maximum atomic E-state index is 13.5. The highest BCUT2D eigenvalue weighted by molar-refractivity contribution is 6.55. The molecule has 0 bridgehead atoms. The van der Waals surface area contributed by atoms with Gasteiger partial charge in [0.1, 0.15) is 12.3 Å². The molecule has 1 heterocycles. The molecule has 0 saturated heterocycles. The van der Waals surface area contributed by atoms with Crippen molar-refractivity contribution >= 4 is 75.6 Å². The number of hydrazine groups is 1. The van der Waals surface area contributed by atoms with Gasteiger partial charge in [-0.15, -0.1) is 0 Å². The highest BCUT2D eigenvalue weighted by Gasteiger charge is 2.46. The monoisotopic (exact) mass is 595 g/mol. The molecule has 10 nitrogen and oxygen atoms in total. The number of nitro groups is 1. The molecule has 0 atom stereocenters. The van der Waals surface area contributed by atoms with Gasteiger partial charge in [-0.2, -0.15) is 5.01 Å². The van der Waals surface area contributed by atoms with Crippen LogP contribution in [0.5, 0.6) is 5.75 Å². The summed E-state index contributed by atoms with van der Waals surface area (Å²) < 4.78 is 5.07. The number of carbonyl (C=O) groups is 4. The molecule has 0 fully saturated rings. The van der Waals surface area contributed by atoms with E-state index in [1.54, 1.807) is 0 Å². The maximum Gasteiger partial charge on any atom is 0.282 e. The molecule has 0 unspecified atom stereocenters. The van der Waals surface area contributed by atoms with Crippen LogP contribution < -0.4 is 4.74 Å². The van der Waals surface area contributed by atoms with Gasteiger partial charge in [0.25, 0.3) is 23.4 Å². The van der Waals surface area contributed by atoms with Gasteiger partial charge in [0, 0.05) is 23.3 Å². The second-order valence-corrected chi connectivity index (χ2v) is 9.26. The van der Waals surface area contributed by atoms with E-state index in [0.29, 0.717) is 15.8 Å². The van der Waals surface area contributed by atoms with Crippen LogP contribution in [0.25, 0.3) is 0 Å². The van der Waals surface area contributed by atoms with E-state index in [2.05, 4.69) is 0 Å². The van der Waals surface area contributed by atoms with Crippen LogP contribution in [-0.2, 0) is 0 Å². The van der Waals surface area contributed by atoms with Crippen molar-refractivity contribution < 1.29 is 28.8 Å². The van der Waals surface area contributed by atoms with E-state index in [1.807, 2.05) is 0 Å². The summed E-state index contributed by atoms with van der Waals surface area (Å²) >= 11 is 24.5. The summed E-state index contributed by atoms with van der Waals surface area (Å²) in [5.41, 5.74) is -1.09. The van der Waals surface area contributed by atoms with Crippen LogP contribution in [0.15, 0.2) is 48.5 Å². The van der Waals surface area contributed by atoms with E-state index in [9.17, 15) is 29.3 Å². The van der Waals surface area contributed by atoms with Crippen LogP contribution in [0, 0.1) is 10.1 Å². The van der Waals surface area contributed by atoms with E-state index < -0.39 is 46.1 Å². The van der Waals surface area contributed by atoms with Gasteiger partial charge in [0.2, 0.25) is 0 Å². The van der Waals surface area contributed by atoms with Crippen LogP contribution >= 0.6 is 46.4 Å². The highest BCUT2D eigenvalue weighted by Crippen LogP contribution is 2.45. The number of non-ortho nitro benzene ring substituents is 1. The molecule has 3 aromatic rings. The van der Waals surface area contributed by atoms with Gasteiger partial charge in [0.15, 0.2) is 5.78 Å². The van der Waals surface area contributed by atoms with Crippen molar-refractivity contribution in [3.05, 3.63) is 101 Å². The Hall–Kier alpha value is -3.70. The van der Waals surface area contributed by atoms with Gasteiger partial charge >= 0.3 is 0 Å². The topological polar surface area (TPSA) is 127 Å². The number of methoxy groups -OCH3 is 1. The number of ether oxygens (including phenoxy) is 1. The number of halogens is 4. The van der Waals surface area contributed by atoms with Crippen LogP contribution in [0.2, 0.25) is 20.1 Å². The minimum atomic E-state index is -1.08. The quantitative estimate of drug-likeness (QED) is 0.0848. The van der Waals surface area contributed by atoms with Crippen molar-refractivity contribution in [1.29, 1.82) is 0 Å². The SMILES string of the molecule is COc1ccc(C(=O)CN(C(=O)c2ccc([N+](=O)[O-])cc2)N2C(=O)c3c(Cl)c(Cl)c(Cl)c(Cl)c3C2=O)cc1.